The minimum absolute atomic E-state index is 0.134. The molecule has 5 heterocycles. The molecule has 0 spiro atoms. The van der Waals surface area contributed by atoms with E-state index in [4.69, 9.17) is 0 Å². The Morgan fingerprint density at radius 3 is 2.69 bits per heavy atom. The maximum absolute atomic E-state index is 15.3. The van der Waals surface area contributed by atoms with Crippen LogP contribution in [0, 0.1) is 5.82 Å². The number of hydrogen-bond acceptors (Lipinski definition) is 5. The van der Waals surface area contributed by atoms with Crippen molar-refractivity contribution in [3.63, 3.8) is 0 Å². The van der Waals surface area contributed by atoms with Gasteiger partial charge in [-0.15, -0.1) is 0 Å². The molecule has 6 rings (SSSR count). The van der Waals surface area contributed by atoms with Crippen LogP contribution in [0.3, 0.4) is 0 Å². The fourth-order valence-corrected chi connectivity index (χ4v) is 4.92. The first-order chi connectivity index (χ1) is 12.6. The molecule has 138 valence electrons. The SMILES string of the molecule is O=C1CCC(N2Cc3ccc(N4CC5CCC4CN5)c(F)c3C2)C(=O)N1. The van der Waals surface area contributed by atoms with Gasteiger partial charge in [-0.05, 0) is 30.9 Å². The number of carbonyl (C=O) groups is 2. The Kier molecular flexibility index (Phi) is 3.76. The summed E-state index contributed by atoms with van der Waals surface area (Å²) in [4.78, 5) is 27.7. The van der Waals surface area contributed by atoms with Gasteiger partial charge in [0, 0.05) is 50.2 Å². The second kappa shape index (κ2) is 6.03. The second-order valence-electron chi connectivity index (χ2n) is 7.90. The second-order valence-corrected chi connectivity index (χ2v) is 7.90. The average molecular weight is 358 g/mol. The van der Waals surface area contributed by atoms with Gasteiger partial charge in [0.05, 0.1) is 11.7 Å². The number of hydrogen-bond donors (Lipinski definition) is 2. The van der Waals surface area contributed by atoms with E-state index >= 15 is 4.39 Å². The molecule has 1 aromatic rings. The molecule has 3 unspecified atom stereocenters. The number of halogens is 1. The lowest BCUT2D eigenvalue weighted by atomic mass is 9.92. The fraction of sp³-hybridized carbons (Fsp3) is 0.579. The maximum Gasteiger partial charge on any atom is 0.243 e. The molecular formula is C19H23FN4O2. The molecule has 0 aliphatic carbocycles. The van der Waals surface area contributed by atoms with Crippen LogP contribution in [0.1, 0.15) is 36.8 Å². The molecule has 2 bridgehead atoms. The van der Waals surface area contributed by atoms with E-state index in [0.29, 0.717) is 49.3 Å². The van der Waals surface area contributed by atoms with E-state index in [0.717, 1.165) is 31.5 Å². The third kappa shape index (κ3) is 2.53. The summed E-state index contributed by atoms with van der Waals surface area (Å²) in [5.74, 6) is -0.607. The Labute approximate surface area is 151 Å². The van der Waals surface area contributed by atoms with Crippen LogP contribution in [-0.4, -0.2) is 47.9 Å². The predicted octanol–water partition coefficient (Wildman–Crippen LogP) is 0.887. The van der Waals surface area contributed by atoms with Crippen LogP contribution in [0.4, 0.5) is 10.1 Å². The molecule has 5 aliphatic heterocycles. The molecule has 26 heavy (non-hydrogen) atoms. The van der Waals surface area contributed by atoms with E-state index in [2.05, 4.69) is 15.5 Å². The fourth-order valence-electron chi connectivity index (χ4n) is 4.92. The lowest BCUT2D eigenvalue weighted by molar-refractivity contribution is -0.137. The van der Waals surface area contributed by atoms with E-state index in [1.165, 1.54) is 0 Å². The highest BCUT2D eigenvalue weighted by Gasteiger charge is 2.38. The summed E-state index contributed by atoms with van der Waals surface area (Å²) in [6, 6.07) is 4.38. The number of carbonyl (C=O) groups excluding carboxylic acids is 2. The third-order valence-corrected chi connectivity index (χ3v) is 6.36. The summed E-state index contributed by atoms with van der Waals surface area (Å²) in [6.07, 6.45) is 3.13. The van der Waals surface area contributed by atoms with E-state index < -0.39 is 0 Å². The maximum atomic E-state index is 15.3. The summed E-state index contributed by atoms with van der Waals surface area (Å²) in [6.45, 7) is 2.77. The highest BCUT2D eigenvalue weighted by atomic mass is 19.1. The van der Waals surface area contributed by atoms with Crippen molar-refractivity contribution in [3.8, 4) is 0 Å². The molecule has 7 heteroatoms. The zero-order valence-corrected chi connectivity index (χ0v) is 14.6. The molecule has 4 fully saturated rings. The summed E-state index contributed by atoms with van der Waals surface area (Å²) in [7, 11) is 0. The topological polar surface area (TPSA) is 64.7 Å². The predicted molar refractivity (Wildman–Crippen MR) is 94.0 cm³/mol. The largest absolute Gasteiger partial charge is 0.363 e. The van der Waals surface area contributed by atoms with Gasteiger partial charge in [-0.3, -0.25) is 19.8 Å². The van der Waals surface area contributed by atoms with Gasteiger partial charge in [0.1, 0.15) is 0 Å². The van der Waals surface area contributed by atoms with E-state index in [1.807, 2.05) is 17.0 Å². The van der Waals surface area contributed by atoms with Crippen LogP contribution < -0.4 is 15.5 Å². The first-order valence-electron chi connectivity index (χ1n) is 9.48. The minimum atomic E-state index is -0.349. The first kappa shape index (κ1) is 16.2. The Bertz CT molecular complexity index is 775. The number of fused-ring (bicyclic) bond motifs is 4. The van der Waals surface area contributed by atoms with Crippen LogP contribution in [-0.2, 0) is 22.7 Å². The van der Waals surface area contributed by atoms with Crippen molar-refractivity contribution in [1.82, 2.24) is 15.5 Å². The summed E-state index contributed by atoms with van der Waals surface area (Å²) in [5.41, 5.74) is 2.36. The van der Waals surface area contributed by atoms with Crippen LogP contribution in [0.25, 0.3) is 0 Å². The van der Waals surface area contributed by atoms with Crippen molar-refractivity contribution in [1.29, 1.82) is 0 Å². The molecule has 3 atom stereocenters. The van der Waals surface area contributed by atoms with Crippen LogP contribution in [0.15, 0.2) is 12.1 Å². The van der Waals surface area contributed by atoms with Gasteiger partial charge >= 0.3 is 0 Å². The number of rotatable bonds is 2. The first-order valence-corrected chi connectivity index (χ1v) is 9.48. The number of nitrogens with zero attached hydrogens (tertiary/aromatic N) is 2. The highest BCUT2D eigenvalue weighted by molar-refractivity contribution is 6.00. The Balaban J connectivity index is 1.39. The summed E-state index contributed by atoms with van der Waals surface area (Å²) < 4.78 is 15.3. The average Bonchev–Trinajstić information content (AvgIpc) is 3.08. The van der Waals surface area contributed by atoms with Crippen molar-refractivity contribution >= 4 is 17.5 Å². The lowest BCUT2D eigenvalue weighted by Crippen LogP contribution is -2.61. The number of benzene rings is 1. The van der Waals surface area contributed by atoms with Crippen molar-refractivity contribution in [3.05, 3.63) is 29.1 Å². The summed E-state index contributed by atoms with van der Waals surface area (Å²) in [5, 5.41) is 5.90. The highest BCUT2D eigenvalue weighted by Crippen LogP contribution is 2.36. The van der Waals surface area contributed by atoms with Gasteiger partial charge in [0.2, 0.25) is 11.8 Å². The molecule has 1 aromatic carbocycles. The zero-order valence-electron chi connectivity index (χ0n) is 14.6. The van der Waals surface area contributed by atoms with E-state index in [-0.39, 0.29) is 23.7 Å². The molecule has 2 amide bonds. The van der Waals surface area contributed by atoms with Gasteiger partial charge < -0.3 is 10.2 Å². The van der Waals surface area contributed by atoms with Crippen molar-refractivity contribution < 1.29 is 14.0 Å². The molecule has 4 saturated heterocycles. The van der Waals surface area contributed by atoms with Crippen molar-refractivity contribution in [2.45, 2.75) is 56.9 Å². The quantitative estimate of drug-likeness (QED) is 0.769. The zero-order chi connectivity index (χ0) is 17.8. The van der Waals surface area contributed by atoms with E-state index in [1.54, 1.807) is 0 Å². The molecule has 5 aliphatic rings. The molecule has 2 N–H and O–H groups in total. The number of amides is 2. The Morgan fingerprint density at radius 1 is 1.12 bits per heavy atom. The Morgan fingerprint density at radius 2 is 2.00 bits per heavy atom. The Hall–Kier alpha value is -1.99. The van der Waals surface area contributed by atoms with Gasteiger partial charge in [-0.2, -0.15) is 0 Å². The number of piperazine rings is 1. The van der Waals surface area contributed by atoms with Crippen molar-refractivity contribution in [2.24, 2.45) is 0 Å². The van der Waals surface area contributed by atoms with Crippen LogP contribution in [0.5, 0.6) is 0 Å². The van der Waals surface area contributed by atoms with Gasteiger partial charge in [0.25, 0.3) is 0 Å². The monoisotopic (exact) mass is 358 g/mol. The number of imide groups is 1. The number of piperidine rings is 3. The van der Waals surface area contributed by atoms with Crippen molar-refractivity contribution in [2.75, 3.05) is 18.0 Å². The van der Waals surface area contributed by atoms with Crippen LogP contribution >= 0.6 is 0 Å². The normalized spacial score (nSPS) is 31.3. The standard InChI is InChI=1S/C19H23FN4O2/c20-18-14-10-23(16-5-6-17(25)22-19(16)26)8-11(14)1-4-15(18)24-9-12-2-3-13(24)7-21-12/h1,4,12-13,16,21H,2-3,5-10H2,(H,22,25,26). The summed E-state index contributed by atoms with van der Waals surface area (Å²) >= 11 is 0. The van der Waals surface area contributed by atoms with E-state index in [9.17, 15) is 9.59 Å². The van der Waals surface area contributed by atoms with Gasteiger partial charge in [0.15, 0.2) is 5.82 Å². The smallest absolute Gasteiger partial charge is 0.243 e. The molecule has 0 radical (unpaired) electrons. The molecular weight excluding hydrogens is 335 g/mol. The number of nitrogens with one attached hydrogen (secondary N) is 2. The van der Waals surface area contributed by atoms with Gasteiger partial charge in [-0.1, -0.05) is 6.07 Å². The third-order valence-electron chi connectivity index (χ3n) is 6.36. The van der Waals surface area contributed by atoms with Gasteiger partial charge in [-0.25, -0.2) is 4.39 Å². The molecule has 6 nitrogen and oxygen atoms in total. The van der Waals surface area contributed by atoms with Crippen LogP contribution in [0.2, 0.25) is 0 Å². The number of anilines is 1. The molecule has 0 aromatic heterocycles. The minimum Gasteiger partial charge on any atom is -0.363 e. The lowest BCUT2D eigenvalue weighted by Gasteiger charge is -2.47. The molecule has 0 saturated carbocycles.